The summed E-state index contributed by atoms with van der Waals surface area (Å²) in [7, 11) is 9.87. The minimum absolute atomic E-state index is 0.826. The van der Waals surface area contributed by atoms with Gasteiger partial charge in [-0.2, -0.15) is 0 Å². The fourth-order valence-corrected chi connectivity index (χ4v) is 2.00. The summed E-state index contributed by atoms with van der Waals surface area (Å²) in [6.45, 7) is 10.9. The SMILES string of the molecule is CCC[C]1[CH][CH][CH][CH]1.C[C]1[CH][C](C)[C](C)[C]1C.[Cl][Zr][Cl]. The van der Waals surface area contributed by atoms with Gasteiger partial charge < -0.3 is 0 Å². The van der Waals surface area contributed by atoms with Crippen molar-refractivity contribution < 1.29 is 20.8 Å². The van der Waals surface area contributed by atoms with Crippen LogP contribution in [0.3, 0.4) is 0 Å². The Labute approximate surface area is 146 Å². The Hall–Kier alpha value is 1.46. The number of rotatable bonds is 2. The van der Waals surface area contributed by atoms with E-state index in [2.05, 4.69) is 66.7 Å². The summed E-state index contributed by atoms with van der Waals surface area (Å²) in [6.07, 6.45) is 13.2. The summed E-state index contributed by atoms with van der Waals surface area (Å²) >= 11 is -0.826. The normalized spacial score (nSPS) is 22.1. The van der Waals surface area contributed by atoms with E-state index in [-0.39, 0.29) is 0 Å². The second kappa shape index (κ2) is 13.0. The molecule has 2 aliphatic carbocycles. The molecule has 2 rings (SSSR count). The van der Waals surface area contributed by atoms with Crippen LogP contribution in [-0.4, -0.2) is 0 Å². The molecule has 0 aromatic heterocycles. The van der Waals surface area contributed by atoms with E-state index in [1.165, 1.54) is 42.4 Å². The van der Waals surface area contributed by atoms with Crippen molar-refractivity contribution >= 4 is 17.0 Å². The van der Waals surface area contributed by atoms with Gasteiger partial charge in [-0.3, -0.25) is 0 Å². The first-order valence-corrected chi connectivity index (χ1v) is 13.2. The van der Waals surface area contributed by atoms with Crippen molar-refractivity contribution in [1.29, 1.82) is 0 Å². The summed E-state index contributed by atoms with van der Waals surface area (Å²) in [5.74, 6) is 7.21. The first kappa shape index (κ1) is 21.5. The van der Waals surface area contributed by atoms with Crippen LogP contribution >= 0.6 is 17.0 Å². The minimum atomic E-state index is -0.826. The molecule has 0 spiro atoms. The third kappa shape index (κ3) is 8.80. The molecule has 0 aromatic carbocycles. The van der Waals surface area contributed by atoms with Crippen molar-refractivity contribution in [2.24, 2.45) is 0 Å². The Kier molecular flexibility index (Phi) is 13.9. The molecular formula is C17H24Cl2Zr. The number of halogens is 2. The van der Waals surface area contributed by atoms with Gasteiger partial charge in [0.1, 0.15) is 0 Å². The Balaban J connectivity index is 0.000000304. The zero-order chi connectivity index (χ0) is 15.5. The van der Waals surface area contributed by atoms with E-state index in [0.717, 1.165) is 0 Å². The summed E-state index contributed by atoms with van der Waals surface area (Å²) in [5, 5.41) is 0. The zero-order valence-corrected chi connectivity index (χ0v) is 17.0. The van der Waals surface area contributed by atoms with Gasteiger partial charge in [-0.05, 0) is 68.1 Å². The van der Waals surface area contributed by atoms with E-state index in [1.54, 1.807) is 0 Å². The van der Waals surface area contributed by atoms with Gasteiger partial charge in [0.2, 0.25) is 0 Å². The fourth-order valence-electron chi connectivity index (χ4n) is 2.00. The average molecular weight is 391 g/mol. The summed E-state index contributed by atoms with van der Waals surface area (Å²) < 4.78 is 0. The summed E-state index contributed by atoms with van der Waals surface area (Å²) in [5.41, 5.74) is 0. The van der Waals surface area contributed by atoms with Crippen LogP contribution in [0.15, 0.2) is 0 Å². The third-order valence-electron chi connectivity index (χ3n) is 3.45. The second-order valence-electron chi connectivity index (χ2n) is 4.87. The van der Waals surface area contributed by atoms with E-state index >= 15 is 0 Å². The van der Waals surface area contributed by atoms with Crippen LogP contribution in [0.2, 0.25) is 0 Å². The van der Waals surface area contributed by atoms with Crippen LogP contribution in [0.4, 0.5) is 0 Å². The zero-order valence-electron chi connectivity index (χ0n) is 13.1. The fraction of sp³-hybridized carbons (Fsp3) is 0.412. The quantitative estimate of drug-likeness (QED) is 0.530. The van der Waals surface area contributed by atoms with Gasteiger partial charge in [0.25, 0.3) is 0 Å². The topological polar surface area (TPSA) is 0 Å². The molecule has 0 amide bonds. The van der Waals surface area contributed by atoms with E-state index in [1.807, 2.05) is 0 Å². The van der Waals surface area contributed by atoms with Crippen molar-refractivity contribution in [3.05, 3.63) is 61.7 Å². The first-order valence-electron chi connectivity index (χ1n) is 6.84. The summed E-state index contributed by atoms with van der Waals surface area (Å²) in [6, 6.07) is 0. The van der Waals surface area contributed by atoms with Gasteiger partial charge in [-0.25, -0.2) is 0 Å². The van der Waals surface area contributed by atoms with Gasteiger partial charge >= 0.3 is 37.9 Å². The monoisotopic (exact) mass is 388 g/mol. The molecule has 0 atom stereocenters. The second-order valence-corrected chi connectivity index (χ2v) is 8.61. The maximum atomic E-state index is 4.93. The van der Waals surface area contributed by atoms with Crippen molar-refractivity contribution in [2.75, 3.05) is 0 Å². The molecule has 110 valence electrons. The first-order chi connectivity index (χ1) is 9.47. The van der Waals surface area contributed by atoms with Crippen molar-refractivity contribution in [3.63, 3.8) is 0 Å². The molecule has 0 nitrogen and oxygen atoms in total. The van der Waals surface area contributed by atoms with Crippen LogP contribution in [0.25, 0.3) is 0 Å². The predicted octanol–water partition coefficient (Wildman–Crippen LogP) is 6.15. The van der Waals surface area contributed by atoms with Crippen LogP contribution in [0.5, 0.6) is 0 Å². The Morgan fingerprint density at radius 3 is 1.55 bits per heavy atom. The van der Waals surface area contributed by atoms with Gasteiger partial charge in [0, 0.05) is 0 Å². The number of hydrogen-bond donors (Lipinski definition) is 0. The average Bonchev–Trinajstić information content (AvgIpc) is 2.98. The van der Waals surface area contributed by atoms with Crippen molar-refractivity contribution in [3.8, 4) is 0 Å². The molecule has 2 fully saturated rings. The third-order valence-corrected chi connectivity index (χ3v) is 3.45. The van der Waals surface area contributed by atoms with Crippen LogP contribution in [0, 0.1) is 61.7 Å². The van der Waals surface area contributed by atoms with E-state index in [9.17, 15) is 0 Å². The van der Waals surface area contributed by atoms with Crippen LogP contribution < -0.4 is 0 Å². The molecule has 0 heterocycles. The van der Waals surface area contributed by atoms with Crippen molar-refractivity contribution in [1.82, 2.24) is 0 Å². The van der Waals surface area contributed by atoms with Gasteiger partial charge in [0.15, 0.2) is 0 Å². The van der Waals surface area contributed by atoms with E-state index in [4.69, 9.17) is 17.0 Å². The van der Waals surface area contributed by atoms with Crippen LogP contribution in [-0.2, 0) is 20.8 Å². The van der Waals surface area contributed by atoms with Gasteiger partial charge in [0.05, 0.1) is 0 Å². The Morgan fingerprint density at radius 1 is 0.900 bits per heavy atom. The standard InChI is InChI=1S/C9H13.C8H11.2ClH.Zr/c1-6-5-7(2)9(4)8(6)3;1-2-5-8-6-3-4-7-8;;;/h5H,1-4H3;3-4,6-7H,2,5H2,1H3;2*1H;/q;;;;+2/p-2. The molecule has 0 N–H and O–H groups in total. The molecule has 3 heteroatoms. The summed E-state index contributed by atoms with van der Waals surface area (Å²) in [4.78, 5) is 0. The molecule has 2 aliphatic rings. The predicted molar refractivity (Wildman–Crippen MR) is 87.0 cm³/mol. The van der Waals surface area contributed by atoms with Crippen molar-refractivity contribution in [2.45, 2.75) is 47.5 Å². The molecule has 0 bridgehead atoms. The molecule has 0 aliphatic heterocycles. The molecule has 10 radical (unpaired) electrons. The van der Waals surface area contributed by atoms with Gasteiger partial charge in [-0.1, -0.05) is 41.0 Å². The maximum absolute atomic E-state index is 4.93. The number of hydrogen-bond acceptors (Lipinski definition) is 0. The van der Waals surface area contributed by atoms with Crippen LogP contribution in [0.1, 0.15) is 47.5 Å². The van der Waals surface area contributed by atoms with Gasteiger partial charge in [-0.15, -0.1) is 0 Å². The molecular weight excluding hydrogens is 366 g/mol. The Morgan fingerprint density at radius 2 is 1.30 bits per heavy atom. The molecule has 0 unspecified atom stereocenters. The molecule has 0 saturated heterocycles. The molecule has 0 aromatic rings. The molecule has 2 saturated carbocycles. The molecule has 20 heavy (non-hydrogen) atoms. The Bertz CT molecular complexity index is 205. The van der Waals surface area contributed by atoms with E-state index < -0.39 is 20.8 Å². The van der Waals surface area contributed by atoms with E-state index in [0.29, 0.717) is 0 Å².